The van der Waals surface area contributed by atoms with Gasteiger partial charge in [0, 0.05) is 12.3 Å². The lowest BCUT2D eigenvalue weighted by Crippen LogP contribution is -2.23. The first kappa shape index (κ1) is 22.0. The second-order valence-electron chi connectivity index (χ2n) is 7.69. The van der Waals surface area contributed by atoms with Gasteiger partial charge in [-0.3, -0.25) is 0 Å². The Morgan fingerprint density at radius 2 is 1.71 bits per heavy atom. The number of nitrogens with one attached hydrogen (secondary N) is 3. The van der Waals surface area contributed by atoms with Crippen LogP contribution in [0.25, 0.3) is 0 Å². The molecule has 154 valence electrons. The normalized spacial score (nSPS) is 22.1. The van der Waals surface area contributed by atoms with Gasteiger partial charge >= 0.3 is 0 Å². The first-order valence-corrected chi connectivity index (χ1v) is 9.65. The fourth-order valence-electron chi connectivity index (χ4n) is 3.20. The van der Waals surface area contributed by atoms with E-state index in [4.69, 9.17) is 20.4 Å². The second kappa shape index (κ2) is 9.78. The van der Waals surface area contributed by atoms with Gasteiger partial charge in [-0.1, -0.05) is 12.8 Å². The van der Waals surface area contributed by atoms with Crippen LogP contribution >= 0.6 is 0 Å². The molecule has 9 heteroatoms. The van der Waals surface area contributed by atoms with Crippen LogP contribution in [0.3, 0.4) is 0 Å². The molecule has 2 aliphatic rings. The average molecular weight is 390 g/mol. The summed E-state index contributed by atoms with van der Waals surface area (Å²) in [6, 6.07) is 2.35. The van der Waals surface area contributed by atoms with Crippen molar-refractivity contribution in [3.63, 3.8) is 0 Å². The Labute approximate surface area is 165 Å². The van der Waals surface area contributed by atoms with E-state index in [2.05, 4.69) is 20.6 Å². The highest BCUT2D eigenvalue weighted by Crippen LogP contribution is 2.27. The van der Waals surface area contributed by atoms with E-state index in [1.54, 1.807) is 0 Å². The van der Waals surface area contributed by atoms with Crippen molar-refractivity contribution < 1.29 is 14.9 Å². The number of nitriles is 1. The first-order valence-electron chi connectivity index (χ1n) is 9.65. The van der Waals surface area contributed by atoms with E-state index in [9.17, 15) is 5.26 Å². The zero-order valence-corrected chi connectivity index (χ0v) is 16.7. The van der Waals surface area contributed by atoms with Gasteiger partial charge in [-0.25, -0.2) is 9.97 Å². The average Bonchev–Trinajstić information content (AvgIpc) is 3.25. The molecule has 2 heterocycles. The molecule has 1 saturated heterocycles. The Balaban J connectivity index is 0.000000500. The standard InChI is InChI=1S/C16H22N6O.C3H8O2/c1-10-6-7-14(23-10)22-16-12(8-17)15(20-13(9-18)21-16)19-11-4-2-3-5-11;1-3(2,4)5/h8,10-11,14,17H,2-7H2,1H3,(H2,19,20,21,22);4-5H,1-2H3. The van der Waals surface area contributed by atoms with Gasteiger partial charge in [-0.05, 0) is 46.5 Å². The molecule has 9 nitrogen and oxygen atoms in total. The molecular weight excluding hydrogens is 360 g/mol. The van der Waals surface area contributed by atoms with Crippen molar-refractivity contribution in [1.29, 1.82) is 10.7 Å². The van der Waals surface area contributed by atoms with Gasteiger partial charge < -0.3 is 31.0 Å². The SMILES string of the molecule is CC(C)(O)O.CC1CCC(Nc2nc(C#N)nc(NC3CCCC3)c2C=N)O1. The molecule has 5 N–H and O–H groups in total. The van der Waals surface area contributed by atoms with Gasteiger partial charge in [-0.15, -0.1) is 0 Å². The number of aromatic nitrogens is 2. The number of anilines is 2. The molecule has 0 aromatic carbocycles. The number of ether oxygens (including phenoxy) is 1. The zero-order valence-electron chi connectivity index (χ0n) is 16.7. The Hall–Kier alpha value is -2.28. The van der Waals surface area contributed by atoms with Crippen LogP contribution in [0.2, 0.25) is 0 Å². The van der Waals surface area contributed by atoms with Gasteiger partial charge in [0.15, 0.2) is 5.79 Å². The number of aliphatic hydroxyl groups is 2. The maximum absolute atomic E-state index is 9.19. The summed E-state index contributed by atoms with van der Waals surface area (Å²) < 4.78 is 5.76. The van der Waals surface area contributed by atoms with Crippen molar-refractivity contribution in [3.05, 3.63) is 11.4 Å². The van der Waals surface area contributed by atoms with Crippen molar-refractivity contribution in [2.24, 2.45) is 0 Å². The fourth-order valence-corrected chi connectivity index (χ4v) is 3.20. The van der Waals surface area contributed by atoms with E-state index in [-0.39, 0.29) is 18.2 Å². The molecule has 2 fully saturated rings. The summed E-state index contributed by atoms with van der Waals surface area (Å²) in [6.45, 7) is 4.63. The summed E-state index contributed by atoms with van der Waals surface area (Å²) in [5.41, 5.74) is 0.582. The molecule has 1 aliphatic carbocycles. The lowest BCUT2D eigenvalue weighted by Gasteiger charge is -2.19. The Kier molecular flexibility index (Phi) is 7.69. The van der Waals surface area contributed by atoms with Crippen molar-refractivity contribution in [2.45, 2.75) is 83.5 Å². The highest BCUT2D eigenvalue weighted by atomic mass is 16.5. The van der Waals surface area contributed by atoms with Gasteiger partial charge in [0.1, 0.15) is 23.9 Å². The number of rotatable bonds is 5. The van der Waals surface area contributed by atoms with E-state index in [0.717, 1.165) is 25.7 Å². The van der Waals surface area contributed by atoms with Gasteiger partial charge in [0.05, 0.1) is 11.7 Å². The molecular formula is C19H30N6O3. The lowest BCUT2D eigenvalue weighted by molar-refractivity contribution is -0.127. The van der Waals surface area contributed by atoms with E-state index >= 15 is 0 Å². The molecule has 0 amide bonds. The van der Waals surface area contributed by atoms with Gasteiger partial charge in [0.25, 0.3) is 0 Å². The Morgan fingerprint density at radius 1 is 1.14 bits per heavy atom. The van der Waals surface area contributed by atoms with Crippen LogP contribution in [-0.4, -0.2) is 50.6 Å². The van der Waals surface area contributed by atoms with E-state index < -0.39 is 5.79 Å². The van der Waals surface area contributed by atoms with Crippen LogP contribution in [0.1, 0.15) is 70.7 Å². The predicted octanol–water partition coefficient (Wildman–Crippen LogP) is 2.34. The van der Waals surface area contributed by atoms with Crippen LogP contribution in [-0.2, 0) is 4.74 Å². The topological polar surface area (TPSA) is 147 Å². The summed E-state index contributed by atoms with van der Waals surface area (Å²) >= 11 is 0. The van der Waals surface area contributed by atoms with Gasteiger partial charge in [0.2, 0.25) is 5.82 Å². The minimum Gasteiger partial charge on any atom is -0.367 e. The van der Waals surface area contributed by atoms with Crippen LogP contribution in [0, 0.1) is 16.7 Å². The number of hydrogen-bond donors (Lipinski definition) is 5. The van der Waals surface area contributed by atoms with Crippen LogP contribution < -0.4 is 10.6 Å². The summed E-state index contributed by atoms with van der Waals surface area (Å²) in [6.07, 6.45) is 7.77. The van der Waals surface area contributed by atoms with E-state index in [1.165, 1.54) is 32.9 Å². The number of nitrogens with zero attached hydrogens (tertiary/aromatic N) is 3. The summed E-state index contributed by atoms with van der Waals surface area (Å²) in [7, 11) is 0. The Morgan fingerprint density at radius 3 is 2.18 bits per heavy atom. The van der Waals surface area contributed by atoms with Crippen molar-refractivity contribution in [1.82, 2.24) is 9.97 Å². The third kappa shape index (κ3) is 7.03. The summed E-state index contributed by atoms with van der Waals surface area (Å²) in [5, 5.41) is 39.7. The van der Waals surface area contributed by atoms with Crippen molar-refractivity contribution in [2.75, 3.05) is 10.6 Å². The molecule has 0 spiro atoms. The molecule has 1 aromatic heterocycles. The smallest absolute Gasteiger partial charge is 0.236 e. The van der Waals surface area contributed by atoms with Crippen LogP contribution in [0.4, 0.5) is 11.6 Å². The van der Waals surface area contributed by atoms with E-state index in [1.807, 2.05) is 13.0 Å². The highest BCUT2D eigenvalue weighted by molar-refractivity contribution is 5.91. The van der Waals surface area contributed by atoms with Crippen molar-refractivity contribution in [3.8, 4) is 6.07 Å². The predicted molar refractivity (Wildman–Crippen MR) is 106 cm³/mol. The molecule has 3 rings (SSSR count). The third-order valence-electron chi connectivity index (χ3n) is 4.42. The quantitative estimate of drug-likeness (QED) is 0.380. The maximum atomic E-state index is 9.19. The fraction of sp³-hybridized carbons (Fsp3) is 0.684. The molecule has 28 heavy (non-hydrogen) atoms. The van der Waals surface area contributed by atoms with Crippen LogP contribution in [0.5, 0.6) is 0 Å². The summed E-state index contributed by atoms with van der Waals surface area (Å²) in [5.74, 6) is -0.345. The molecule has 1 aromatic rings. The molecule has 0 bridgehead atoms. The summed E-state index contributed by atoms with van der Waals surface area (Å²) in [4.78, 5) is 8.49. The first-order chi connectivity index (χ1) is 13.2. The largest absolute Gasteiger partial charge is 0.367 e. The lowest BCUT2D eigenvalue weighted by atomic mass is 10.2. The zero-order chi connectivity index (χ0) is 20.7. The van der Waals surface area contributed by atoms with E-state index in [0.29, 0.717) is 23.2 Å². The monoisotopic (exact) mass is 390 g/mol. The van der Waals surface area contributed by atoms with Crippen LogP contribution in [0.15, 0.2) is 0 Å². The molecule has 2 atom stereocenters. The molecule has 2 unspecified atom stereocenters. The van der Waals surface area contributed by atoms with Gasteiger partial charge in [-0.2, -0.15) is 5.26 Å². The van der Waals surface area contributed by atoms with Crippen molar-refractivity contribution >= 4 is 17.9 Å². The minimum absolute atomic E-state index is 0.102. The maximum Gasteiger partial charge on any atom is 0.236 e. The number of hydrogen-bond acceptors (Lipinski definition) is 9. The minimum atomic E-state index is -1.50. The third-order valence-corrected chi connectivity index (χ3v) is 4.42. The highest BCUT2D eigenvalue weighted by Gasteiger charge is 2.25. The molecule has 1 saturated carbocycles. The second-order valence-corrected chi connectivity index (χ2v) is 7.69. The molecule has 0 radical (unpaired) electrons. The Bertz CT molecular complexity index is 701. The molecule has 1 aliphatic heterocycles.